The van der Waals surface area contributed by atoms with Gasteiger partial charge in [0.1, 0.15) is 5.65 Å². The van der Waals surface area contributed by atoms with E-state index in [4.69, 9.17) is 0 Å². The molecule has 0 saturated carbocycles. The molecule has 0 fully saturated rings. The van der Waals surface area contributed by atoms with Crippen molar-refractivity contribution in [2.24, 2.45) is 0 Å². The maximum atomic E-state index is 2.52. The first kappa shape index (κ1) is 36.7. The summed E-state index contributed by atoms with van der Waals surface area (Å²) in [5, 5.41) is 8.76. The van der Waals surface area contributed by atoms with E-state index in [-0.39, 0.29) is 0 Å². The zero-order valence-electron chi connectivity index (χ0n) is 36.1. The van der Waals surface area contributed by atoms with Crippen LogP contribution in [0.15, 0.2) is 231 Å². The summed E-state index contributed by atoms with van der Waals surface area (Å²) < 4.78 is 12.5. The van der Waals surface area contributed by atoms with E-state index in [2.05, 4.69) is 249 Å². The molecule has 0 aliphatic heterocycles. The van der Waals surface area contributed by atoms with Crippen LogP contribution < -0.4 is 0 Å². The standard InChI is InChI=1S/C62H38N4S/c1-4-17-39(18-5-1)60-51-38-56-50(37-57(51)66-55-29-14-13-28-54(55)65(62(60)66)43-32-33-47-46-24-11-15-30-58(46)67-59(47)36-43)49-35-40(31-34-53(49)63(56)41-19-6-2-7-20-41)44-25-16-26-48-45-23-10-12-27-52(45)64(61(44)48)42-21-8-3-9-22-42/h1-38H. The third-order valence-electron chi connectivity index (χ3n) is 14.1. The third kappa shape index (κ3) is 5.17. The van der Waals surface area contributed by atoms with Gasteiger partial charge in [-0.15, -0.1) is 11.3 Å². The van der Waals surface area contributed by atoms with Gasteiger partial charge in [0.15, 0.2) is 0 Å². The van der Waals surface area contributed by atoms with Crippen molar-refractivity contribution in [2.75, 3.05) is 0 Å². The van der Waals surface area contributed by atoms with Gasteiger partial charge in [0.2, 0.25) is 0 Å². The minimum absolute atomic E-state index is 1.14. The molecule has 312 valence electrons. The fraction of sp³-hybridized carbons (Fsp3) is 0. The Kier molecular flexibility index (Phi) is 7.63. The zero-order valence-corrected chi connectivity index (χ0v) is 37.0. The van der Waals surface area contributed by atoms with Gasteiger partial charge >= 0.3 is 0 Å². The number of hydrogen-bond acceptors (Lipinski definition) is 1. The fourth-order valence-corrected chi connectivity index (χ4v) is 12.5. The number of imidazole rings is 1. The second kappa shape index (κ2) is 13.9. The van der Waals surface area contributed by atoms with Crippen LogP contribution in [-0.4, -0.2) is 18.1 Å². The Balaban J connectivity index is 1.06. The minimum atomic E-state index is 1.14. The van der Waals surface area contributed by atoms with Crippen LogP contribution in [0.4, 0.5) is 0 Å². The van der Waals surface area contributed by atoms with Gasteiger partial charge in [-0.2, -0.15) is 0 Å². The molecule has 0 N–H and O–H groups in total. The van der Waals surface area contributed by atoms with Crippen molar-refractivity contribution in [3.05, 3.63) is 231 Å². The van der Waals surface area contributed by atoms with Gasteiger partial charge in [-0.05, 0) is 96.1 Å². The van der Waals surface area contributed by atoms with Gasteiger partial charge in [-0.1, -0.05) is 146 Å². The molecule has 0 radical (unpaired) electrons. The molecular formula is C62H38N4S. The first-order valence-corrected chi connectivity index (χ1v) is 23.7. The highest BCUT2D eigenvalue weighted by molar-refractivity contribution is 7.25. The van der Waals surface area contributed by atoms with Crippen molar-refractivity contribution in [1.82, 2.24) is 18.1 Å². The van der Waals surface area contributed by atoms with Crippen LogP contribution >= 0.6 is 11.3 Å². The first-order valence-electron chi connectivity index (χ1n) is 22.9. The van der Waals surface area contributed by atoms with E-state index in [1.54, 1.807) is 0 Å². The molecule has 4 nitrogen and oxygen atoms in total. The molecule has 0 bridgehead atoms. The topological polar surface area (TPSA) is 19.2 Å². The smallest absolute Gasteiger partial charge is 0.131 e. The van der Waals surface area contributed by atoms with Crippen LogP contribution in [0.2, 0.25) is 0 Å². The second-order valence-electron chi connectivity index (χ2n) is 17.7. The fourth-order valence-electron chi connectivity index (χ4n) is 11.3. The predicted octanol–water partition coefficient (Wildman–Crippen LogP) is 16.9. The largest absolute Gasteiger partial charge is 0.309 e. The molecule has 15 rings (SSSR count). The lowest BCUT2D eigenvalue weighted by atomic mass is 9.99. The number of benzene rings is 10. The Morgan fingerprint density at radius 2 is 0.896 bits per heavy atom. The molecule has 0 aliphatic carbocycles. The van der Waals surface area contributed by atoms with E-state index >= 15 is 0 Å². The van der Waals surface area contributed by atoms with E-state index in [0.717, 1.165) is 22.7 Å². The minimum Gasteiger partial charge on any atom is -0.309 e. The molecular weight excluding hydrogens is 833 g/mol. The van der Waals surface area contributed by atoms with Crippen LogP contribution in [0.5, 0.6) is 0 Å². The van der Waals surface area contributed by atoms with Crippen LogP contribution in [-0.2, 0) is 0 Å². The van der Waals surface area contributed by atoms with Gasteiger partial charge in [0.05, 0.1) is 38.6 Å². The maximum Gasteiger partial charge on any atom is 0.131 e. The number of rotatable bonds is 5. The zero-order chi connectivity index (χ0) is 43.7. The molecule has 10 aromatic carbocycles. The van der Waals surface area contributed by atoms with Crippen molar-refractivity contribution in [3.63, 3.8) is 0 Å². The van der Waals surface area contributed by atoms with E-state index in [0.29, 0.717) is 0 Å². The number of nitrogens with zero attached hydrogens (tertiary/aromatic N) is 4. The van der Waals surface area contributed by atoms with Gasteiger partial charge in [-0.25, -0.2) is 0 Å². The molecule has 0 amide bonds. The predicted molar refractivity (Wildman–Crippen MR) is 284 cm³/mol. The van der Waals surface area contributed by atoms with Crippen LogP contribution in [0, 0.1) is 0 Å². The summed E-state index contributed by atoms with van der Waals surface area (Å²) in [5.41, 5.74) is 17.7. The van der Waals surface area contributed by atoms with E-state index in [1.807, 2.05) is 11.3 Å². The van der Waals surface area contributed by atoms with E-state index in [1.165, 1.54) is 108 Å². The third-order valence-corrected chi connectivity index (χ3v) is 15.3. The molecule has 0 aliphatic rings. The monoisotopic (exact) mass is 870 g/mol. The first-order chi connectivity index (χ1) is 33.3. The summed E-state index contributed by atoms with van der Waals surface area (Å²) >= 11 is 1.87. The summed E-state index contributed by atoms with van der Waals surface area (Å²) in [7, 11) is 0. The van der Waals surface area contributed by atoms with Crippen LogP contribution in [0.25, 0.3) is 131 Å². The lowest BCUT2D eigenvalue weighted by molar-refractivity contribution is 1.15. The molecule has 0 saturated heterocycles. The molecule has 0 unspecified atom stereocenters. The summed E-state index contributed by atoms with van der Waals surface area (Å²) in [6, 6.07) is 85.0. The number of thiophene rings is 1. The Labute approximate surface area is 388 Å². The quantitative estimate of drug-likeness (QED) is 0.164. The lowest BCUT2D eigenvalue weighted by Crippen LogP contribution is -1.95. The van der Waals surface area contributed by atoms with Crippen LogP contribution in [0.1, 0.15) is 0 Å². The van der Waals surface area contributed by atoms with Gasteiger partial charge in [-0.3, -0.25) is 8.97 Å². The summed E-state index contributed by atoms with van der Waals surface area (Å²) in [6.45, 7) is 0. The van der Waals surface area contributed by atoms with E-state index < -0.39 is 0 Å². The normalized spacial score (nSPS) is 12.2. The van der Waals surface area contributed by atoms with Crippen molar-refractivity contribution >= 4 is 103 Å². The summed E-state index contributed by atoms with van der Waals surface area (Å²) in [4.78, 5) is 0. The molecule has 5 heterocycles. The van der Waals surface area contributed by atoms with Gasteiger partial charge < -0.3 is 9.13 Å². The van der Waals surface area contributed by atoms with Gasteiger partial charge in [0, 0.05) is 75.3 Å². The Morgan fingerprint density at radius 1 is 0.284 bits per heavy atom. The average molecular weight is 871 g/mol. The number of para-hydroxylation sites is 6. The number of fused-ring (bicyclic) bond motifs is 14. The van der Waals surface area contributed by atoms with Crippen molar-refractivity contribution in [3.8, 4) is 39.3 Å². The average Bonchev–Trinajstić information content (AvgIpc) is 4.18. The molecule has 0 spiro atoms. The SMILES string of the molecule is c1ccc(-c2c3cc4c(cc3n3c5ccccc5n(-c5ccc6c(c5)sc5ccccc56)c23)c2cc(-c3cccc5c6ccccc6n(-c6ccccc6)c35)ccc2n4-c2ccccc2)cc1. The molecule has 0 atom stereocenters. The number of aromatic nitrogens is 4. The van der Waals surface area contributed by atoms with E-state index in [9.17, 15) is 0 Å². The Morgan fingerprint density at radius 3 is 1.70 bits per heavy atom. The molecule has 67 heavy (non-hydrogen) atoms. The van der Waals surface area contributed by atoms with Gasteiger partial charge in [0.25, 0.3) is 0 Å². The summed E-state index contributed by atoms with van der Waals surface area (Å²) in [5.74, 6) is 0. The highest BCUT2D eigenvalue weighted by Crippen LogP contribution is 2.46. The molecule has 5 aromatic heterocycles. The van der Waals surface area contributed by atoms with Crippen molar-refractivity contribution < 1.29 is 0 Å². The lowest BCUT2D eigenvalue weighted by Gasteiger charge is -2.12. The Hall–Kier alpha value is -8.64. The second-order valence-corrected chi connectivity index (χ2v) is 18.8. The molecule has 15 aromatic rings. The van der Waals surface area contributed by atoms with Crippen LogP contribution in [0.3, 0.4) is 0 Å². The van der Waals surface area contributed by atoms with Crippen molar-refractivity contribution in [1.29, 1.82) is 0 Å². The Bertz CT molecular complexity index is 4490. The highest BCUT2D eigenvalue weighted by atomic mass is 32.1. The highest BCUT2D eigenvalue weighted by Gasteiger charge is 2.26. The van der Waals surface area contributed by atoms with Crippen molar-refractivity contribution in [2.45, 2.75) is 0 Å². The number of hydrogen-bond donors (Lipinski definition) is 0. The molecule has 5 heteroatoms. The summed E-state index contributed by atoms with van der Waals surface area (Å²) in [6.07, 6.45) is 0. The maximum absolute atomic E-state index is 2.52.